The van der Waals surface area contributed by atoms with Crippen LogP contribution in [0.4, 0.5) is 11.4 Å². The zero-order valence-corrected chi connectivity index (χ0v) is 20.1. The van der Waals surface area contributed by atoms with Crippen LogP contribution in [0, 0.1) is 0 Å². The smallest absolute Gasteiger partial charge is 0.292 e. The molecule has 4 amide bonds. The molecule has 34 heavy (non-hydrogen) atoms. The van der Waals surface area contributed by atoms with Crippen molar-refractivity contribution in [2.75, 3.05) is 76.3 Å². The lowest BCUT2D eigenvalue weighted by molar-refractivity contribution is -1.01. The molecule has 1 aromatic carbocycles. The molecule has 0 spiro atoms. The van der Waals surface area contributed by atoms with Gasteiger partial charge in [0.25, 0.3) is 11.8 Å². The van der Waals surface area contributed by atoms with Crippen LogP contribution >= 0.6 is 0 Å². The maximum Gasteiger partial charge on any atom is 0.292 e. The van der Waals surface area contributed by atoms with E-state index in [0.29, 0.717) is 11.4 Å². The van der Waals surface area contributed by atoms with Gasteiger partial charge in [0.1, 0.15) is 52.4 Å². The predicted octanol–water partition coefficient (Wildman–Crippen LogP) is -6.22. The van der Waals surface area contributed by atoms with Crippen LogP contribution in [0.25, 0.3) is 0 Å². The van der Waals surface area contributed by atoms with Crippen LogP contribution in [-0.4, -0.2) is 102 Å². The highest BCUT2D eigenvalue weighted by Gasteiger charge is 2.48. The van der Waals surface area contributed by atoms with Crippen LogP contribution in [0.2, 0.25) is 0 Å². The number of carbonyl (C=O) groups excluding carboxylic acids is 4. The summed E-state index contributed by atoms with van der Waals surface area (Å²) in [7, 11) is 4.30. The number of hydrogen-bond acceptors (Lipinski definition) is 4. The van der Waals surface area contributed by atoms with E-state index >= 15 is 0 Å². The van der Waals surface area contributed by atoms with Gasteiger partial charge in [-0.15, -0.1) is 0 Å². The van der Waals surface area contributed by atoms with Crippen molar-refractivity contribution in [1.29, 1.82) is 0 Å². The average molecular weight is 473 g/mol. The SMILES string of the molecule is C[NH+]1CC[NH+]([C@@H]2CC(=O)N(c3ccc(N4C(=O)C[C@H]([NH+]5CC[NH+](C)CC5)C4=O)cc3)C2=O)CC1. The normalized spacial score (nSPS) is 34.9. The Balaban J connectivity index is 1.28. The summed E-state index contributed by atoms with van der Waals surface area (Å²) in [5, 5.41) is 0. The van der Waals surface area contributed by atoms with E-state index in [0.717, 1.165) is 52.4 Å². The van der Waals surface area contributed by atoms with Crippen LogP contribution in [0.15, 0.2) is 24.3 Å². The summed E-state index contributed by atoms with van der Waals surface area (Å²) in [6.07, 6.45) is 0.463. The first-order valence-electron chi connectivity index (χ1n) is 12.5. The number of nitrogens with zero attached hydrogens (tertiary/aromatic N) is 2. The summed E-state index contributed by atoms with van der Waals surface area (Å²) in [6, 6.07) is 6.06. The third kappa shape index (κ3) is 4.15. The Morgan fingerprint density at radius 1 is 0.588 bits per heavy atom. The number of amides is 4. The number of nitrogens with one attached hydrogen (secondary N) is 4. The molecule has 0 bridgehead atoms. The van der Waals surface area contributed by atoms with Gasteiger partial charge >= 0.3 is 0 Å². The zero-order valence-electron chi connectivity index (χ0n) is 20.1. The molecular formula is C24H36N6O4+4. The lowest BCUT2D eigenvalue weighted by Crippen LogP contribution is -3.29. The van der Waals surface area contributed by atoms with Crippen molar-refractivity contribution in [3.8, 4) is 0 Å². The van der Waals surface area contributed by atoms with Gasteiger partial charge in [-0.1, -0.05) is 0 Å². The third-order valence-corrected chi connectivity index (χ3v) is 8.14. The Morgan fingerprint density at radius 2 is 0.912 bits per heavy atom. The molecule has 4 aliphatic heterocycles. The van der Waals surface area contributed by atoms with Gasteiger partial charge in [0.2, 0.25) is 11.8 Å². The Bertz CT molecular complexity index is 903. The molecule has 4 N–H and O–H groups in total. The van der Waals surface area contributed by atoms with E-state index in [-0.39, 0.29) is 48.6 Å². The highest BCUT2D eigenvalue weighted by molar-refractivity contribution is 6.23. The van der Waals surface area contributed by atoms with Crippen molar-refractivity contribution >= 4 is 35.0 Å². The van der Waals surface area contributed by atoms with Gasteiger partial charge in [-0.05, 0) is 24.3 Å². The van der Waals surface area contributed by atoms with Crippen molar-refractivity contribution in [3.05, 3.63) is 24.3 Å². The van der Waals surface area contributed by atoms with E-state index in [1.807, 2.05) is 0 Å². The van der Waals surface area contributed by atoms with Gasteiger partial charge in [-0.3, -0.25) is 19.2 Å². The van der Waals surface area contributed by atoms with Crippen LogP contribution in [0.3, 0.4) is 0 Å². The molecular weight excluding hydrogens is 436 g/mol. The molecule has 4 fully saturated rings. The van der Waals surface area contributed by atoms with Crippen molar-refractivity contribution < 1.29 is 38.8 Å². The molecule has 1 aromatic rings. The number of hydrogen-bond donors (Lipinski definition) is 4. The molecule has 2 atom stereocenters. The Kier molecular flexibility index (Phi) is 6.24. The molecule has 4 saturated heterocycles. The molecule has 4 aliphatic rings. The highest BCUT2D eigenvalue weighted by atomic mass is 16.2. The molecule has 10 nitrogen and oxygen atoms in total. The maximum atomic E-state index is 13.1. The Morgan fingerprint density at radius 3 is 1.24 bits per heavy atom. The number of quaternary nitrogens is 4. The largest absolute Gasteiger partial charge is 0.328 e. The molecule has 0 radical (unpaired) electrons. The van der Waals surface area contributed by atoms with Crippen molar-refractivity contribution in [2.24, 2.45) is 0 Å². The molecule has 4 heterocycles. The summed E-state index contributed by atoms with van der Waals surface area (Å²) in [4.78, 5) is 59.6. The number of anilines is 2. The van der Waals surface area contributed by atoms with E-state index < -0.39 is 0 Å². The minimum atomic E-state index is -0.323. The van der Waals surface area contributed by atoms with E-state index in [2.05, 4.69) is 14.1 Å². The molecule has 5 rings (SSSR count). The standard InChI is InChI=1S/C24H32N6O4/c1-25-7-11-27(12-8-25)19-15-21(31)29(23(19)33)17-3-5-18(6-4-17)30-22(32)16-20(24(30)34)28-13-9-26(2)10-14-28/h3-6,19-20H,7-16H2,1-2H3/p+4/t19-,20+. The lowest BCUT2D eigenvalue weighted by Gasteiger charge is -2.30. The van der Waals surface area contributed by atoms with Gasteiger partial charge < -0.3 is 19.6 Å². The van der Waals surface area contributed by atoms with Crippen molar-refractivity contribution in [2.45, 2.75) is 24.9 Å². The fourth-order valence-electron chi connectivity index (χ4n) is 5.89. The third-order valence-electron chi connectivity index (χ3n) is 8.14. The van der Waals surface area contributed by atoms with E-state index in [9.17, 15) is 19.2 Å². The number of likely N-dealkylation sites (N-methyl/N-ethyl adjacent to an activating group) is 2. The summed E-state index contributed by atoms with van der Waals surface area (Å²) in [5.41, 5.74) is 1.01. The fourth-order valence-corrected chi connectivity index (χ4v) is 5.89. The van der Waals surface area contributed by atoms with E-state index in [1.165, 1.54) is 29.4 Å². The molecule has 182 valence electrons. The first kappa shape index (κ1) is 23.1. The minimum absolute atomic E-state index is 0.151. The van der Waals surface area contributed by atoms with Crippen LogP contribution < -0.4 is 29.4 Å². The first-order chi connectivity index (χ1) is 16.3. The number of piperazine rings is 2. The maximum absolute atomic E-state index is 13.1. The summed E-state index contributed by atoms with van der Waals surface area (Å²) < 4.78 is 0. The number of imide groups is 2. The summed E-state index contributed by atoms with van der Waals surface area (Å²) >= 11 is 0. The first-order valence-corrected chi connectivity index (χ1v) is 12.5. The predicted molar refractivity (Wildman–Crippen MR) is 123 cm³/mol. The van der Waals surface area contributed by atoms with E-state index in [1.54, 1.807) is 24.3 Å². The quantitative estimate of drug-likeness (QED) is 0.328. The lowest BCUT2D eigenvalue weighted by atomic mass is 10.2. The van der Waals surface area contributed by atoms with Crippen molar-refractivity contribution in [3.63, 3.8) is 0 Å². The zero-order chi connectivity index (χ0) is 24.0. The highest BCUT2D eigenvalue weighted by Crippen LogP contribution is 2.27. The molecule has 0 saturated carbocycles. The fraction of sp³-hybridized carbons (Fsp3) is 0.583. The molecule has 0 aromatic heterocycles. The second-order valence-electron chi connectivity index (χ2n) is 10.4. The second-order valence-corrected chi connectivity index (χ2v) is 10.4. The topological polar surface area (TPSA) is 92.5 Å². The average Bonchev–Trinajstić information content (AvgIpc) is 3.29. The van der Waals surface area contributed by atoms with Gasteiger partial charge in [-0.2, -0.15) is 0 Å². The van der Waals surface area contributed by atoms with E-state index in [4.69, 9.17) is 0 Å². The van der Waals surface area contributed by atoms with Crippen LogP contribution in [-0.2, 0) is 19.2 Å². The van der Waals surface area contributed by atoms with Crippen LogP contribution in [0.1, 0.15) is 12.8 Å². The Labute approximate surface area is 199 Å². The van der Waals surface area contributed by atoms with Gasteiger partial charge in [0, 0.05) is 0 Å². The van der Waals surface area contributed by atoms with Crippen LogP contribution in [0.5, 0.6) is 0 Å². The number of carbonyl (C=O) groups is 4. The second kappa shape index (κ2) is 9.18. The number of rotatable bonds is 4. The Hall–Kier alpha value is -2.66. The molecule has 0 unspecified atom stereocenters. The molecule has 10 heteroatoms. The monoisotopic (exact) mass is 472 g/mol. The van der Waals surface area contributed by atoms with Gasteiger partial charge in [0.15, 0.2) is 12.1 Å². The molecule has 0 aliphatic carbocycles. The summed E-state index contributed by atoms with van der Waals surface area (Å²) in [6.45, 7) is 7.54. The van der Waals surface area contributed by atoms with Gasteiger partial charge in [0.05, 0.1) is 38.3 Å². The summed E-state index contributed by atoms with van der Waals surface area (Å²) in [5.74, 6) is -0.672. The van der Waals surface area contributed by atoms with Gasteiger partial charge in [-0.25, -0.2) is 9.80 Å². The number of benzene rings is 1. The minimum Gasteiger partial charge on any atom is -0.328 e. The van der Waals surface area contributed by atoms with Crippen molar-refractivity contribution in [1.82, 2.24) is 0 Å².